The van der Waals surface area contributed by atoms with Crippen LogP contribution in [0, 0.1) is 5.92 Å². The molecule has 6 heteroatoms. The molecule has 0 aliphatic carbocycles. The average molecular weight is 320 g/mol. The van der Waals surface area contributed by atoms with Gasteiger partial charge in [0.25, 0.3) is 0 Å². The summed E-state index contributed by atoms with van der Waals surface area (Å²) >= 11 is 0. The van der Waals surface area contributed by atoms with Crippen molar-refractivity contribution < 1.29 is 19.1 Å². The Morgan fingerprint density at radius 1 is 1.35 bits per heavy atom. The summed E-state index contributed by atoms with van der Waals surface area (Å²) in [6.45, 7) is 5.38. The molecular weight excluding hydrogens is 296 g/mol. The van der Waals surface area contributed by atoms with Crippen molar-refractivity contribution in [2.75, 3.05) is 32.1 Å². The highest BCUT2D eigenvalue weighted by Gasteiger charge is 2.33. The first kappa shape index (κ1) is 17.3. The lowest BCUT2D eigenvalue weighted by molar-refractivity contribution is -0.128. The number of nitrogens with zero attached hydrogens (tertiary/aromatic N) is 1. The van der Waals surface area contributed by atoms with Gasteiger partial charge in [-0.25, -0.2) is 0 Å². The second kappa shape index (κ2) is 7.97. The van der Waals surface area contributed by atoms with Gasteiger partial charge in [-0.05, 0) is 38.1 Å². The molecule has 1 N–H and O–H groups in total. The predicted octanol–water partition coefficient (Wildman–Crippen LogP) is 1.91. The Balaban J connectivity index is 1.88. The first-order valence-electron chi connectivity index (χ1n) is 7.84. The van der Waals surface area contributed by atoms with Crippen molar-refractivity contribution in [2.45, 2.75) is 26.4 Å². The molecule has 0 radical (unpaired) electrons. The molecule has 1 aromatic rings. The van der Waals surface area contributed by atoms with E-state index in [1.165, 1.54) is 0 Å². The third kappa shape index (κ3) is 4.96. The summed E-state index contributed by atoms with van der Waals surface area (Å²) in [6, 6.07) is 7.24. The van der Waals surface area contributed by atoms with Gasteiger partial charge >= 0.3 is 0 Å². The van der Waals surface area contributed by atoms with E-state index in [9.17, 15) is 9.59 Å². The molecule has 1 aliphatic rings. The van der Waals surface area contributed by atoms with E-state index in [-0.39, 0.29) is 30.3 Å². The van der Waals surface area contributed by atoms with Crippen LogP contribution in [0.2, 0.25) is 0 Å². The highest BCUT2D eigenvalue weighted by molar-refractivity contribution is 5.97. The van der Waals surface area contributed by atoms with E-state index < -0.39 is 0 Å². The monoisotopic (exact) mass is 320 g/mol. The molecule has 23 heavy (non-hydrogen) atoms. The fourth-order valence-corrected chi connectivity index (χ4v) is 2.50. The Morgan fingerprint density at radius 2 is 2.04 bits per heavy atom. The summed E-state index contributed by atoms with van der Waals surface area (Å²) in [5.41, 5.74) is 0.703. The van der Waals surface area contributed by atoms with Crippen LogP contribution >= 0.6 is 0 Å². The van der Waals surface area contributed by atoms with Crippen molar-refractivity contribution in [1.82, 2.24) is 4.90 Å². The minimum Gasteiger partial charge on any atom is -0.491 e. The number of carbonyl (C=O) groups is 2. The van der Waals surface area contributed by atoms with Crippen LogP contribution in [0.4, 0.5) is 5.69 Å². The fourth-order valence-electron chi connectivity index (χ4n) is 2.50. The summed E-state index contributed by atoms with van der Waals surface area (Å²) in [4.78, 5) is 25.8. The van der Waals surface area contributed by atoms with Gasteiger partial charge in [-0.2, -0.15) is 0 Å². The molecule has 0 bridgehead atoms. The van der Waals surface area contributed by atoms with Gasteiger partial charge in [0.05, 0.1) is 18.6 Å². The van der Waals surface area contributed by atoms with E-state index in [1.807, 2.05) is 26.0 Å². The maximum atomic E-state index is 12.3. The quantitative estimate of drug-likeness (QED) is 0.833. The highest BCUT2D eigenvalue weighted by Crippen LogP contribution is 2.21. The largest absolute Gasteiger partial charge is 0.491 e. The lowest BCUT2D eigenvalue weighted by Crippen LogP contribution is -2.30. The van der Waals surface area contributed by atoms with Crippen LogP contribution in [0.3, 0.4) is 0 Å². The zero-order valence-corrected chi connectivity index (χ0v) is 13.9. The molecule has 1 atom stereocenters. The van der Waals surface area contributed by atoms with Crippen LogP contribution in [0.5, 0.6) is 5.75 Å². The van der Waals surface area contributed by atoms with Crippen molar-refractivity contribution in [3.8, 4) is 5.75 Å². The molecule has 1 saturated heterocycles. The molecule has 1 unspecified atom stereocenters. The molecule has 0 spiro atoms. The van der Waals surface area contributed by atoms with Gasteiger partial charge in [0.2, 0.25) is 11.8 Å². The number of hydrogen-bond acceptors (Lipinski definition) is 4. The van der Waals surface area contributed by atoms with Crippen molar-refractivity contribution in [3.63, 3.8) is 0 Å². The maximum Gasteiger partial charge on any atom is 0.229 e. The van der Waals surface area contributed by atoms with E-state index in [0.717, 1.165) is 5.75 Å². The Hall–Kier alpha value is -2.08. The summed E-state index contributed by atoms with van der Waals surface area (Å²) in [5, 5.41) is 2.86. The molecule has 1 aliphatic heterocycles. The molecule has 0 saturated carbocycles. The van der Waals surface area contributed by atoms with Crippen molar-refractivity contribution in [1.29, 1.82) is 0 Å². The third-order valence-electron chi connectivity index (χ3n) is 3.64. The summed E-state index contributed by atoms with van der Waals surface area (Å²) in [5.74, 6) is 0.324. The fraction of sp³-hybridized carbons (Fsp3) is 0.529. The zero-order valence-electron chi connectivity index (χ0n) is 13.9. The molecule has 6 nitrogen and oxygen atoms in total. The van der Waals surface area contributed by atoms with Crippen LogP contribution in [0.25, 0.3) is 0 Å². The van der Waals surface area contributed by atoms with Crippen molar-refractivity contribution in [2.24, 2.45) is 5.92 Å². The molecule has 2 rings (SSSR count). The molecule has 0 aromatic heterocycles. The second-order valence-corrected chi connectivity index (χ2v) is 5.91. The second-order valence-electron chi connectivity index (χ2n) is 5.91. The first-order valence-corrected chi connectivity index (χ1v) is 7.84. The minimum absolute atomic E-state index is 0.00267. The average Bonchev–Trinajstić information content (AvgIpc) is 2.88. The molecule has 1 heterocycles. The van der Waals surface area contributed by atoms with Gasteiger partial charge in [0, 0.05) is 32.3 Å². The predicted molar refractivity (Wildman–Crippen MR) is 87.4 cm³/mol. The number of rotatable bonds is 7. The SMILES string of the molecule is COCCN1CC(C(=O)Nc2ccc(OC(C)C)cc2)CC1=O. The number of likely N-dealkylation sites (tertiary alicyclic amines) is 1. The number of benzene rings is 1. The Kier molecular flexibility index (Phi) is 5.98. The van der Waals surface area contributed by atoms with E-state index in [1.54, 1.807) is 24.1 Å². The van der Waals surface area contributed by atoms with Crippen LogP contribution < -0.4 is 10.1 Å². The standard InChI is InChI=1S/C17H24N2O4/c1-12(2)23-15-6-4-14(5-7-15)18-17(21)13-10-16(20)19(11-13)8-9-22-3/h4-7,12-13H,8-11H2,1-3H3,(H,18,21). The van der Waals surface area contributed by atoms with E-state index >= 15 is 0 Å². The first-order chi connectivity index (χ1) is 11.0. The van der Waals surface area contributed by atoms with Gasteiger partial charge < -0.3 is 19.7 Å². The van der Waals surface area contributed by atoms with Crippen LogP contribution in [0.1, 0.15) is 20.3 Å². The lowest BCUT2D eigenvalue weighted by Gasteiger charge is -2.16. The number of amides is 2. The number of ether oxygens (including phenoxy) is 2. The number of carbonyl (C=O) groups excluding carboxylic acids is 2. The van der Waals surface area contributed by atoms with Crippen LogP contribution in [0.15, 0.2) is 24.3 Å². The molecule has 1 aromatic carbocycles. The normalized spacial score (nSPS) is 17.7. The Bertz CT molecular complexity index is 542. The van der Waals surface area contributed by atoms with Gasteiger partial charge in [0.15, 0.2) is 0 Å². The Labute approximate surface area is 136 Å². The van der Waals surface area contributed by atoms with Gasteiger partial charge in [-0.3, -0.25) is 9.59 Å². The molecular formula is C17H24N2O4. The zero-order chi connectivity index (χ0) is 16.8. The van der Waals surface area contributed by atoms with Gasteiger partial charge in [-0.1, -0.05) is 0 Å². The highest BCUT2D eigenvalue weighted by atomic mass is 16.5. The van der Waals surface area contributed by atoms with Gasteiger partial charge in [-0.15, -0.1) is 0 Å². The molecule has 2 amide bonds. The maximum absolute atomic E-state index is 12.3. The third-order valence-corrected chi connectivity index (χ3v) is 3.64. The Morgan fingerprint density at radius 3 is 2.65 bits per heavy atom. The minimum atomic E-state index is -0.314. The number of hydrogen-bond donors (Lipinski definition) is 1. The lowest BCUT2D eigenvalue weighted by atomic mass is 10.1. The van der Waals surface area contributed by atoms with E-state index in [2.05, 4.69) is 5.32 Å². The van der Waals surface area contributed by atoms with Crippen LogP contribution in [-0.2, 0) is 14.3 Å². The number of methoxy groups -OCH3 is 1. The summed E-state index contributed by atoms with van der Waals surface area (Å²) < 4.78 is 10.5. The number of anilines is 1. The topological polar surface area (TPSA) is 67.9 Å². The summed E-state index contributed by atoms with van der Waals surface area (Å²) in [7, 11) is 1.59. The summed E-state index contributed by atoms with van der Waals surface area (Å²) in [6.07, 6.45) is 0.363. The van der Waals surface area contributed by atoms with Crippen molar-refractivity contribution >= 4 is 17.5 Å². The molecule has 1 fully saturated rings. The van der Waals surface area contributed by atoms with Crippen molar-refractivity contribution in [3.05, 3.63) is 24.3 Å². The smallest absolute Gasteiger partial charge is 0.229 e. The van der Waals surface area contributed by atoms with E-state index in [0.29, 0.717) is 25.4 Å². The van der Waals surface area contributed by atoms with E-state index in [4.69, 9.17) is 9.47 Å². The van der Waals surface area contributed by atoms with Gasteiger partial charge in [0.1, 0.15) is 5.75 Å². The number of nitrogens with one attached hydrogen (secondary N) is 1. The molecule has 126 valence electrons. The van der Waals surface area contributed by atoms with Crippen LogP contribution in [-0.4, -0.2) is 49.6 Å².